The van der Waals surface area contributed by atoms with Gasteiger partial charge in [-0.2, -0.15) is 0 Å². The van der Waals surface area contributed by atoms with Crippen LogP contribution < -0.4 is 0 Å². The van der Waals surface area contributed by atoms with E-state index in [4.69, 9.17) is 0 Å². The van der Waals surface area contributed by atoms with Gasteiger partial charge in [-0.1, -0.05) is 0 Å². The predicted molar refractivity (Wildman–Crippen MR) is 21.9 cm³/mol. The van der Waals surface area contributed by atoms with Gasteiger partial charge in [-0.3, -0.25) is 0 Å². The van der Waals surface area contributed by atoms with Crippen LogP contribution in [0, 0.1) is 0 Å². The van der Waals surface area contributed by atoms with Crippen LogP contribution in [-0.4, -0.2) is 9.46 Å². The van der Waals surface area contributed by atoms with Crippen LogP contribution in [0.1, 0.15) is 12.8 Å². The summed E-state index contributed by atoms with van der Waals surface area (Å²) in [4.78, 5) is 0. The molecule has 0 amide bonds. The molecule has 2 nitrogen and oxygen atoms in total. The third kappa shape index (κ3) is 0.786. The van der Waals surface area contributed by atoms with Crippen LogP contribution in [0.4, 0.5) is 0 Å². The zero-order valence-corrected chi connectivity index (χ0v) is 4.03. The molecule has 0 saturated heterocycles. The molecule has 1 rings (SSSR count). The lowest BCUT2D eigenvalue weighted by atomic mass is 11.0. The molecule has 0 spiro atoms. The van der Waals surface area contributed by atoms with Crippen molar-refractivity contribution in [2.75, 3.05) is 0 Å². The summed E-state index contributed by atoms with van der Waals surface area (Å²) in [6.45, 7) is 0. The maximum atomic E-state index is 9.76. The molecule has 0 aromatic carbocycles. The first-order valence-corrected chi connectivity index (χ1v) is 3.02. The Balaban J connectivity index is 2.31. The molecule has 6 heavy (non-hydrogen) atoms. The Morgan fingerprint density at radius 3 is 2.00 bits per heavy atom. The zero-order valence-electron chi connectivity index (χ0n) is 3.22. The van der Waals surface area contributed by atoms with E-state index in [2.05, 4.69) is 0 Å². The maximum Gasteiger partial charge on any atom is 0.191 e. The van der Waals surface area contributed by atoms with E-state index in [1.165, 1.54) is 0 Å². The average Bonchev–Trinajstić information content (AvgIpc) is 2.06. The summed E-state index contributed by atoms with van der Waals surface area (Å²) < 4.78 is 19.5. The lowest BCUT2D eigenvalue weighted by Crippen LogP contribution is -1.88. The van der Waals surface area contributed by atoms with E-state index in [0.29, 0.717) is 0 Å². The lowest BCUT2D eigenvalue weighted by Gasteiger charge is -1.72. The van der Waals surface area contributed by atoms with Crippen molar-refractivity contribution < 1.29 is 8.76 Å². The fourth-order valence-corrected chi connectivity index (χ4v) is 0.781. The number of rotatable bonds is 1. The van der Waals surface area contributed by atoms with Gasteiger partial charge in [0.2, 0.25) is 0 Å². The van der Waals surface area contributed by atoms with Crippen LogP contribution in [0.2, 0.25) is 0 Å². The summed E-state index contributed by atoms with van der Waals surface area (Å²) in [5.41, 5.74) is 0. The first-order chi connectivity index (χ1) is 2.80. The fraction of sp³-hybridized carbons (Fsp3) is 1.00. The Kier molecular flexibility index (Phi) is 0.935. The highest BCUT2D eigenvalue weighted by atomic mass is 32.2. The van der Waals surface area contributed by atoms with Gasteiger partial charge in [0.05, 0.1) is 5.25 Å². The molecule has 0 N–H and O–H groups in total. The van der Waals surface area contributed by atoms with E-state index >= 15 is 0 Å². The highest BCUT2D eigenvalue weighted by molar-refractivity contribution is 7.79. The second-order valence-electron chi connectivity index (χ2n) is 1.46. The molecule has 1 atom stereocenters. The molecular formula is C3H5O2S. The van der Waals surface area contributed by atoms with Crippen LogP contribution in [-0.2, 0) is 15.6 Å². The van der Waals surface area contributed by atoms with E-state index < -0.39 is 11.1 Å². The summed E-state index contributed by atoms with van der Waals surface area (Å²) in [7, 11) is 0. The highest BCUT2D eigenvalue weighted by Crippen LogP contribution is 2.24. The molecular weight excluding hydrogens is 100 g/mol. The summed E-state index contributed by atoms with van der Waals surface area (Å²) in [5.74, 6) is 0. The zero-order chi connectivity index (χ0) is 4.57. The third-order valence-corrected chi connectivity index (χ3v) is 1.81. The molecule has 1 fully saturated rings. The molecule has 0 bridgehead atoms. The molecule has 3 heteroatoms. The Labute approximate surface area is 38.8 Å². The molecule has 1 saturated carbocycles. The molecule has 1 unspecified atom stereocenters. The summed E-state index contributed by atoms with van der Waals surface area (Å²) >= 11 is -1.76. The van der Waals surface area contributed by atoms with Crippen LogP contribution in [0.3, 0.4) is 0 Å². The monoisotopic (exact) mass is 105 g/mol. The van der Waals surface area contributed by atoms with Gasteiger partial charge in [0, 0.05) is 0 Å². The molecule has 1 aliphatic rings. The van der Waals surface area contributed by atoms with E-state index in [1.54, 1.807) is 0 Å². The standard InChI is InChI=1S/C3H5O2S/c4-6(5)3-1-2-3/h3H,1-2H2. The van der Waals surface area contributed by atoms with Gasteiger partial charge in [-0.25, -0.2) is 4.21 Å². The minimum absolute atomic E-state index is 0.0185. The quantitative estimate of drug-likeness (QED) is 0.470. The SMILES string of the molecule is [O]S(=O)C1CC1. The topological polar surface area (TPSA) is 37.0 Å². The second kappa shape index (κ2) is 1.31. The Hall–Kier alpha value is 0.110. The van der Waals surface area contributed by atoms with Crippen molar-refractivity contribution in [3.8, 4) is 0 Å². The summed E-state index contributed by atoms with van der Waals surface area (Å²) in [5, 5.41) is 0.0185. The Morgan fingerprint density at radius 2 is 2.00 bits per heavy atom. The molecule has 0 heterocycles. The van der Waals surface area contributed by atoms with Gasteiger partial charge in [-0.05, 0) is 12.8 Å². The van der Waals surface area contributed by atoms with Crippen LogP contribution in [0.15, 0.2) is 0 Å². The largest absolute Gasteiger partial charge is 0.227 e. The minimum atomic E-state index is -1.76. The van der Waals surface area contributed by atoms with Crippen molar-refractivity contribution in [1.29, 1.82) is 0 Å². The molecule has 0 aromatic rings. The molecule has 35 valence electrons. The Bertz CT molecular complexity index is 76.9. The summed E-state index contributed by atoms with van der Waals surface area (Å²) in [6.07, 6.45) is 1.77. The first kappa shape index (κ1) is 4.27. The van der Waals surface area contributed by atoms with Crippen molar-refractivity contribution >= 4 is 11.1 Å². The molecule has 1 radical (unpaired) electrons. The van der Waals surface area contributed by atoms with Crippen molar-refractivity contribution in [2.45, 2.75) is 18.1 Å². The maximum absolute atomic E-state index is 9.76. The van der Waals surface area contributed by atoms with Crippen molar-refractivity contribution in [3.63, 3.8) is 0 Å². The predicted octanol–water partition coefficient (Wildman–Crippen LogP) is 0.243. The van der Waals surface area contributed by atoms with Gasteiger partial charge in [-0.15, -0.1) is 4.55 Å². The highest BCUT2D eigenvalue weighted by Gasteiger charge is 2.28. The van der Waals surface area contributed by atoms with E-state index in [9.17, 15) is 8.76 Å². The van der Waals surface area contributed by atoms with Crippen molar-refractivity contribution in [2.24, 2.45) is 0 Å². The van der Waals surface area contributed by atoms with Crippen LogP contribution >= 0.6 is 0 Å². The summed E-state index contributed by atoms with van der Waals surface area (Å²) in [6, 6.07) is 0. The van der Waals surface area contributed by atoms with Crippen LogP contribution in [0.25, 0.3) is 0 Å². The fourth-order valence-electron chi connectivity index (χ4n) is 0.260. The van der Waals surface area contributed by atoms with E-state index in [0.717, 1.165) is 12.8 Å². The number of hydrogen-bond acceptors (Lipinski definition) is 1. The van der Waals surface area contributed by atoms with Crippen molar-refractivity contribution in [3.05, 3.63) is 0 Å². The van der Waals surface area contributed by atoms with Gasteiger partial charge >= 0.3 is 0 Å². The number of hydrogen-bond donors (Lipinski definition) is 0. The van der Waals surface area contributed by atoms with Crippen LogP contribution in [0.5, 0.6) is 0 Å². The molecule has 1 aliphatic carbocycles. The molecule has 0 aliphatic heterocycles. The lowest BCUT2D eigenvalue weighted by molar-refractivity contribution is 0.472. The minimum Gasteiger partial charge on any atom is -0.227 e. The smallest absolute Gasteiger partial charge is 0.191 e. The second-order valence-corrected chi connectivity index (χ2v) is 2.65. The normalized spacial score (nSPS) is 26.8. The molecule has 0 aromatic heterocycles. The first-order valence-electron chi connectivity index (χ1n) is 1.89. The van der Waals surface area contributed by atoms with Crippen molar-refractivity contribution in [1.82, 2.24) is 0 Å². The van der Waals surface area contributed by atoms with Gasteiger partial charge < -0.3 is 0 Å². The van der Waals surface area contributed by atoms with Gasteiger partial charge in [0.15, 0.2) is 11.1 Å². The van der Waals surface area contributed by atoms with Gasteiger partial charge in [0.25, 0.3) is 0 Å². The van der Waals surface area contributed by atoms with E-state index in [1.807, 2.05) is 0 Å². The Morgan fingerprint density at radius 1 is 1.50 bits per heavy atom. The van der Waals surface area contributed by atoms with Gasteiger partial charge in [0.1, 0.15) is 0 Å². The van der Waals surface area contributed by atoms with E-state index in [-0.39, 0.29) is 5.25 Å². The average molecular weight is 105 g/mol. The third-order valence-electron chi connectivity index (χ3n) is 0.797.